The molecule has 2 N–H and O–H groups in total. The van der Waals surface area contributed by atoms with Crippen LogP contribution in [-0.4, -0.2) is 17.0 Å². The first-order chi connectivity index (χ1) is 10.1. The van der Waals surface area contributed by atoms with E-state index in [-0.39, 0.29) is 17.4 Å². The smallest absolute Gasteiger partial charge is 0.337 e. The minimum Gasteiger partial charge on any atom is -0.478 e. The van der Waals surface area contributed by atoms with E-state index in [9.17, 15) is 14.7 Å². The summed E-state index contributed by atoms with van der Waals surface area (Å²) < 4.78 is 0.750. The van der Waals surface area contributed by atoms with Crippen LogP contribution in [0.1, 0.15) is 55.3 Å². The predicted octanol–water partition coefficient (Wildman–Crippen LogP) is 4.45. The molecule has 0 spiro atoms. The van der Waals surface area contributed by atoms with Gasteiger partial charge in [0.1, 0.15) is 0 Å². The van der Waals surface area contributed by atoms with E-state index in [1.165, 1.54) is 25.3 Å². The second kappa shape index (κ2) is 7.59. The fourth-order valence-electron chi connectivity index (χ4n) is 2.76. The van der Waals surface area contributed by atoms with E-state index in [2.05, 4.69) is 21.2 Å². The van der Waals surface area contributed by atoms with Gasteiger partial charge in [0.05, 0.1) is 11.3 Å². The van der Waals surface area contributed by atoms with Crippen molar-refractivity contribution >= 4 is 33.5 Å². The summed E-state index contributed by atoms with van der Waals surface area (Å²) in [4.78, 5) is 23.6. The standard InChI is InChI=1S/C16H20BrNO3/c17-12-8-9-13(16(20)21)14(10-12)18-15(19)11-6-4-2-1-3-5-7-11/h8-11H,1-7H2,(H,18,19)(H,20,21). The lowest BCUT2D eigenvalue weighted by Gasteiger charge is -2.19. The van der Waals surface area contributed by atoms with Gasteiger partial charge in [-0.05, 0) is 31.0 Å². The number of carboxylic acid groups (broad SMARTS) is 1. The lowest BCUT2D eigenvalue weighted by Crippen LogP contribution is -2.24. The maximum Gasteiger partial charge on any atom is 0.337 e. The van der Waals surface area contributed by atoms with Crippen LogP contribution in [0, 0.1) is 5.92 Å². The van der Waals surface area contributed by atoms with Gasteiger partial charge in [0, 0.05) is 10.4 Å². The van der Waals surface area contributed by atoms with Crippen LogP contribution in [0.3, 0.4) is 0 Å². The molecule has 0 radical (unpaired) electrons. The second-order valence-electron chi connectivity index (χ2n) is 5.53. The number of hydrogen-bond donors (Lipinski definition) is 2. The van der Waals surface area contributed by atoms with Crippen LogP contribution in [0.25, 0.3) is 0 Å². The molecule has 1 aliphatic carbocycles. The third-order valence-electron chi connectivity index (χ3n) is 3.95. The number of hydrogen-bond acceptors (Lipinski definition) is 2. The number of halogens is 1. The lowest BCUT2D eigenvalue weighted by molar-refractivity contribution is -0.120. The van der Waals surface area contributed by atoms with Gasteiger partial charge in [-0.15, -0.1) is 0 Å². The lowest BCUT2D eigenvalue weighted by atomic mass is 9.90. The topological polar surface area (TPSA) is 66.4 Å². The molecule has 1 aromatic rings. The van der Waals surface area contributed by atoms with Crippen molar-refractivity contribution in [3.63, 3.8) is 0 Å². The van der Waals surface area contributed by atoms with E-state index in [0.717, 1.165) is 30.2 Å². The minimum atomic E-state index is -1.03. The van der Waals surface area contributed by atoms with Crippen LogP contribution in [-0.2, 0) is 4.79 Å². The van der Waals surface area contributed by atoms with Crippen molar-refractivity contribution in [2.45, 2.75) is 44.9 Å². The average molecular weight is 354 g/mol. The maximum atomic E-state index is 12.4. The largest absolute Gasteiger partial charge is 0.478 e. The molecule has 0 atom stereocenters. The molecule has 1 aromatic carbocycles. The molecule has 0 aliphatic heterocycles. The van der Waals surface area contributed by atoms with Crippen LogP contribution < -0.4 is 5.32 Å². The van der Waals surface area contributed by atoms with Gasteiger partial charge in [-0.2, -0.15) is 0 Å². The molecule has 1 fully saturated rings. The quantitative estimate of drug-likeness (QED) is 0.843. The number of rotatable bonds is 3. The molecular weight excluding hydrogens is 334 g/mol. The fourth-order valence-corrected chi connectivity index (χ4v) is 3.12. The van der Waals surface area contributed by atoms with Crippen molar-refractivity contribution in [2.24, 2.45) is 5.92 Å². The third kappa shape index (κ3) is 4.56. The van der Waals surface area contributed by atoms with E-state index in [4.69, 9.17) is 0 Å². The summed E-state index contributed by atoms with van der Waals surface area (Å²) >= 11 is 3.31. The van der Waals surface area contributed by atoms with Crippen molar-refractivity contribution in [3.05, 3.63) is 28.2 Å². The minimum absolute atomic E-state index is 0.00840. The normalized spacial score (nSPS) is 16.8. The van der Waals surface area contributed by atoms with Crippen LogP contribution in [0.4, 0.5) is 5.69 Å². The first kappa shape index (κ1) is 16.0. The summed E-state index contributed by atoms with van der Waals surface area (Å²) in [5.74, 6) is -1.10. The number of anilines is 1. The Morgan fingerprint density at radius 1 is 1.10 bits per heavy atom. The molecule has 114 valence electrons. The molecule has 0 aromatic heterocycles. The van der Waals surface area contributed by atoms with Crippen molar-refractivity contribution < 1.29 is 14.7 Å². The highest BCUT2D eigenvalue weighted by Crippen LogP contribution is 2.26. The summed E-state index contributed by atoms with van der Waals surface area (Å²) in [6.07, 6.45) is 7.54. The second-order valence-corrected chi connectivity index (χ2v) is 6.44. The van der Waals surface area contributed by atoms with Gasteiger partial charge in [-0.3, -0.25) is 4.79 Å². The summed E-state index contributed by atoms with van der Waals surface area (Å²) in [7, 11) is 0. The molecule has 5 heteroatoms. The van der Waals surface area contributed by atoms with Gasteiger partial charge < -0.3 is 10.4 Å². The zero-order chi connectivity index (χ0) is 15.2. The van der Waals surface area contributed by atoms with Gasteiger partial charge >= 0.3 is 5.97 Å². The van der Waals surface area contributed by atoms with Crippen LogP contribution in [0.5, 0.6) is 0 Å². The monoisotopic (exact) mass is 353 g/mol. The maximum absolute atomic E-state index is 12.4. The highest BCUT2D eigenvalue weighted by atomic mass is 79.9. The molecule has 0 unspecified atom stereocenters. The summed E-state index contributed by atoms with van der Waals surface area (Å²) in [6, 6.07) is 4.80. The zero-order valence-corrected chi connectivity index (χ0v) is 13.5. The Bertz CT molecular complexity index is 522. The van der Waals surface area contributed by atoms with Crippen LogP contribution in [0.15, 0.2) is 22.7 Å². The number of amides is 1. The molecule has 0 saturated heterocycles. The Balaban J connectivity index is 2.10. The Morgan fingerprint density at radius 3 is 2.33 bits per heavy atom. The summed E-state index contributed by atoms with van der Waals surface area (Å²) in [5.41, 5.74) is 0.487. The van der Waals surface area contributed by atoms with E-state index >= 15 is 0 Å². The molecule has 0 heterocycles. The van der Waals surface area contributed by atoms with E-state index in [1.54, 1.807) is 12.1 Å². The Kier molecular flexibility index (Phi) is 5.79. The Labute approximate surface area is 133 Å². The van der Waals surface area contributed by atoms with Gasteiger partial charge in [-0.1, -0.05) is 48.0 Å². The number of nitrogens with one attached hydrogen (secondary N) is 1. The highest BCUT2D eigenvalue weighted by molar-refractivity contribution is 9.10. The molecule has 2 rings (SSSR count). The van der Waals surface area contributed by atoms with E-state index < -0.39 is 5.97 Å². The van der Waals surface area contributed by atoms with Crippen molar-refractivity contribution in [1.29, 1.82) is 0 Å². The van der Waals surface area contributed by atoms with E-state index in [1.807, 2.05) is 0 Å². The fraction of sp³-hybridized carbons (Fsp3) is 0.500. The summed E-state index contributed by atoms with van der Waals surface area (Å²) in [6.45, 7) is 0. The van der Waals surface area contributed by atoms with Gasteiger partial charge in [0.25, 0.3) is 0 Å². The number of benzene rings is 1. The number of carboxylic acids is 1. The van der Waals surface area contributed by atoms with Gasteiger partial charge in [0.2, 0.25) is 5.91 Å². The van der Waals surface area contributed by atoms with Gasteiger partial charge in [0.15, 0.2) is 0 Å². The average Bonchev–Trinajstić information content (AvgIpc) is 2.37. The first-order valence-electron chi connectivity index (χ1n) is 7.41. The van der Waals surface area contributed by atoms with Crippen molar-refractivity contribution in [2.75, 3.05) is 5.32 Å². The predicted molar refractivity (Wildman–Crippen MR) is 85.5 cm³/mol. The Hall–Kier alpha value is -1.36. The van der Waals surface area contributed by atoms with Crippen molar-refractivity contribution in [3.8, 4) is 0 Å². The van der Waals surface area contributed by atoms with Crippen LogP contribution >= 0.6 is 15.9 Å². The SMILES string of the molecule is O=C(O)c1ccc(Br)cc1NC(=O)C1CCCCCCC1. The molecule has 0 bridgehead atoms. The molecule has 1 saturated carbocycles. The van der Waals surface area contributed by atoms with Crippen LogP contribution in [0.2, 0.25) is 0 Å². The molecular formula is C16H20BrNO3. The number of aromatic carboxylic acids is 1. The first-order valence-corrected chi connectivity index (χ1v) is 8.21. The molecule has 1 amide bonds. The summed E-state index contributed by atoms with van der Waals surface area (Å²) in [5, 5.41) is 12.0. The molecule has 21 heavy (non-hydrogen) atoms. The van der Waals surface area contributed by atoms with Crippen molar-refractivity contribution in [1.82, 2.24) is 0 Å². The number of carbonyl (C=O) groups is 2. The highest BCUT2D eigenvalue weighted by Gasteiger charge is 2.21. The third-order valence-corrected chi connectivity index (χ3v) is 4.44. The number of carbonyl (C=O) groups excluding carboxylic acids is 1. The molecule has 1 aliphatic rings. The zero-order valence-electron chi connectivity index (χ0n) is 11.9. The molecule has 4 nitrogen and oxygen atoms in total. The Morgan fingerprint density at radius 2 is 1.71 bits per heavy atom. The van der Waals surface area contributed by atoms with E-state index in [0.29, 0.717) is 5.69 Å². The van der Waals surface area contributed by atoms with Gasteiger partial charge in [-0.25, -0.2) is 4.79 Å².